The predicted molar refractivity (Wildman–Crippen MR) is 145 cm³/mol. The van der Waals surface area contributed by atoms with Gasteiger partial charge in [-0.05, 0) is 67.4 Å². The molecule has 37 heavy (non-hydrogen) atoms. The van der Waals surface area contributed by atoms with E-state index in [1.54, 1.807) is 17.2 Å². The fourth-order valence-corrected chi connectivity index (χ4v) is 5.08. The molecule has 2 aliphatic heterocycles. The second-order valence-corrected chi connectivity index (χ2v) is 9.90. The summed E-state index contributed by atoms with van der Waals surface area (Å²) in [5.74, 6) is -0.120. The van der Waals surface area contributed by atoms with E-state index >= 15 is 0 Å². The molecule has 5 rings (SSSR count). The Morgan fingerprint density at radius 1 is 0.865 bits per heavy atom. The Morgan fingerprint density at radius 2 is 1.62 bits per heavy atom. The highest BCUT2D eigenvalue weighted by Gasteiger charge is 2.60. The second-order valence-electron chi connectivity index (χ2n) is 8.99. The van der Waals surface area contributed by atoms with E-state index in [9.17, 15) is 9.59 Å². The Kier molecular flexibility index (Phi) is 7.48. The van der Waals surface area contributed by atoms with E-state index in [1.165, 1.54) is 4.90 Å². The Morgan fingerprint density at radius 3 is 2.32 bits per heavy atom. The zero-order chi connectivity index (χ0) is 25.9. The van der Waals surface area contributed by atoms with Crippen LogP contribution in [0, 0.1) is 5.92 Å². The lowest BCUT2D eigenvalue weighted by atomic mass is 9.90. The lowest BCUT2D eigenvalue weighted by Crippen LogP contribution is -2.37. The molecular formula is C29H29BrN2O5. The number of halogens is 1. The van der Waals surface area contributed by atoms with Crippen molar-refractivity contribution in [2.75, 3.05) is 23.2 Å². The molecule has 2 heterocycles. The van der Waals surface area contributed by atoms with Gasteiger partial charge >= 0.3 is 0 Å². The maximum absolute atomic E-state index is 13.8. The van der Waals surface area contributed by atoms with Crippen LogP contribution in [0.2, 0.25) is 0 Å². The van der Waals surface area contributed by atoms with Gasteiger partial charge in [0.15, 0.2) is 17.6 Å². The highest BCUT2D eigenvalue weighted by atomic mass is 79.9. The normalized spacial score (nSPS) is 20.9. The van der Waals surface area contributed by atoms with Crippen LogP contribution >= 0.6 is 15.9 Å². The molecule has 7 nitrogen and oxygen atoms in total. The Bertz CT molecular complexity index is 1270. The van der Waals surface area contributed by atoms with Crippen LogP contribution in [0.15, 0.2) is 77.3 Å². The number of ether oxygens (including phenoxy) is 2. The first-order valence-electron chi connectivity index (χ1n) is 12.6. The van der Waals surface area contributed by atoms with Gasteiger partial charge in [0.05, 0.1) is 30.6 Å². The summed E-state index contributed by atoms with van der Waals surface area (Å²) in [5.41, 5.74) is 2.09. The maximum Gasteiger partial charge on any atom is 0.266 e. The van der Waals surface area contributed by atoms with Gasteiger partial charge in [0, 0.05) is 4.47 Å². The molecule has 3 atom stereocenters. The average molecular weight is 565 g/mol. The van der Waals surface area contributed by atoms with Gasteiger partial charge in [-0.25, -0.2) is 9.96 Å². The molecule has 2 saturated heterocycles. The quantitative estimate of drug-likeness (QED) is 0.232. The van der Waals surface area contributed by atoms with E-state index < -0.39 is 18.1 Å². The molecule has 192 valence electrons. The molecule has 2 aliphatic rings. The number of anilines is 2. The van der Waals surface area contributed by atoms with Crippen LogP contribution in [0.5, 0.6) is 11.5 Å². The van der Waals surface area contributed by atoms with E-state index in [2.05, 4.69) is 22.9 Å². The van der Waals surface area contributed by atoms with Gasteiger partial charge in [0.2, 0.25) is 5.91 Å². The molecule has 3 aromatic rings. The summed E-state index contributed by atoms with van der Waals surface area (Å²) in [6, 6.07) is 21.8. The van der Waals surface area contributed by atoms with Crippen molar-refractivity contribution in [1.82, 2.24) is 0 Å². The number of fused-ring (bicyclic) bond motifs is 1. The summed E-state index contributed by atoms with van der Waals surface area (Å²) < 4.78 is 12.7. The van der Waals surface area contributed by atoms with Crippen LogP contribution in [-0.2, 0) is 14.4 Å². The molecule has 0 N–H and O–H groups in total. The standard InChI is InChI=1S/C29H29BrN2O5/c1-3-5-17-36-23-16-11-19(18-24(23)35-4-2)26-25-27(37-32(26)22-9-7-6-8-10-22)29(34)31(28(25)33)21-14-12-20(30)13-15-21/h6-16,18,25-27H,3-5,17H2,1-2H3/t25-,26+,27+/m1/s1. The van der Waals surface area contributed by atoms with Crippen molar-refractivity contribution in [2.45, 2.75) is 38.8 Å². The SMILES string of the molecule is CCCCOc1ccc([C@H]2[C@H]3C(=O)N(c4ccc(Br)cc4)C(=O)[C@H]3ON2c2ccccc2)cc1OCC. The maximum atomic E-state index is 13.8. The summed E-state index contributed by atoms with van der Waals surface area (Å²) in [7, 11) is 0. The molecule has 0 aliphatic carbocycles. The molecule has 0 radical (unpaired) electrons. The van der Waals surface area contributed by atoms with Crippen molar-refractivity contribution in [3.05, 3.63) is 82.8 Å². The smallest absolute Gasteiger partial charge is 0.266 e. The zero-order valence-electron chi connectivity index (χ0n) is 20.8. The monoisotopic (exact) mass is 564 g/mol. The van der Waals surface area contributed by atoms with Crippen LogP contribution in [-0.4, -0.2) is 31.1 Å². The number of imide groups is 1. The Balaban J connectivity index is 1.55. The van der Waals surface area contributed by atoms with Gasteiger partial charge in [-0.1, -0.05) is 53.5 Å². The van der Waals surface area contributed by atoms with Crippen LogP contribution in [0.3, 0.4) is 0 Å². The number of unbranched alkanes of at least 4 members (excludes halogenated alkanes) is 1. The summed E-state index contributed by atoms with van der Waals surface area (Å²) in [5, 5.41) is 1.69. The largest absolute Gasteiger partial charge is 0.490 e. The van der Waals surface area contributed by atoms with Crippen molar-refractivity contribution in [2.24, 2.45) is 5.92 Å². The first-order chi connectivity index (χ1) is 18.0. The van der Waals surface area contributed by atoms with E-state index in [1.807, 2.05) is 67.6 Å². The number of hydroxylamine groups is 1. The van der Waals surface area contributed by atoms with Gasteiger partial charge in [-0.15, -0.1) is 0 Å². The van der Waals surface area contributed by atoms with E-state index in [4.69, 9.17) is 14.3 Å². The van der Waals surface area contributed by atoms with Crippen molar-refractivity contribution in [1.29, 1.82) is 0 Å². The van der Waals surface area contributed by atoms with E-state index in [0.717, 1.165) is 28.6 Å². The van der Waals surface area contributed by atoms with Crippen LogP contribution in [0.25, 0.3) is 0 Å². The lowest BCUT2D eigenvalue weighted by molar-refractivity contribution is -0.126. The van der Waals surface area contributed by atoms with Crippen molar-refractivity contribution in [3.63, 3.8) is 0 Å². The summed E-state index contributed by atoms with van der Waals surface area (Å²) in [6.45, 7) is 5.10. The van der Waals surface area contributed by atoms with Crippen molar-refractivity contribution >= 4 is 39.1 Å². The lowest BCUT2D eigenvalue weighted by Gasteiger charge is -2.29. The van der Waals surface area contributed by atoms with Crippen molar-refractivity contribution in [3.8, 4) is 11.5 Å². The molecule has 0 bridgehead atoms. The summed E-state index contributed by atoms with van der Waals surface area (Å²) in [6.07, 6.45) is 1.04. The summed E-state index contributed by atoms with van der Waals surface area (Å²) >= 11 is 3.41. The third kappa shape index (κ3) is 4.83. The van der Waals surface area contributed by atoms with Gasteiger partial charge in [-0.2, -0.15) is 0 Å². The van der Waals surface area contributed by atoms with E-state index in [0.29, 0.717) is 30.4 Å². The second kappa shape index (κ2) is 10.9. The molecule has 0 aromatic heterocycles. The molecule has 8 heteroatoms. The van der Waals surface area contributed by atoms with Gasteiger partial charge in [0.25, 0.3) is 5.91 Å². The number of nitrogens with zero attached hydrogens (tertiary/aromatic N) is 2. The Labute approximate surface area is 225 Å². The van der Waals surface area contributed by atoms with Gasteiger partial charge in [0.1, 0.15) is 5.92 Å². The number of amides is 2. The first-order valence-corrected chi connectivity index (χ1v) is 13.4. The van der Waals surface area contributed by atoms with Gasteiger partial charge in [-0.3, -0.25) is 14.4 Å². The average Bonchev–Trinajstić information content (AvgIpc) is 3.42. The number of carbonyl (C=O) groups excluding carboxylic acids is 2. The minimum absolute atomic E-state index is 0.290. The van der Waals surface area contributed by atoms with Crippen LogP contribution in [0.4, 0.5) is 11.4 Å². The van der Waals surface area contributed by atoms with Gasteiger partial charge < -0.3 is 9.47 Å². The number of rotatable bonds is 9. The Hall–Kier alpha value is -3.36. The first kappa shape index (κ1) is 25.3. The molecule has 3 aromatic carbocycles. The van der Waals surface area contributed by atoms with Crippen molar-refractivity contribution < 1.29 is 23.9 Å². The highest BCUT2D eigenvalue weighted by molar-refractivity contribution is 9.10. The molecule has 0 spiro atoms. The topological polar surface area (TPSA) is 68.3 Å². The molecular weight excluding hydrogens is 536 g/mol. The third-order valence-electron chi connectivity index (χ3n) is 6.58. The number of benzene rings is 3. The minimum Gasteiger partial charge on any atom is -0.490 e. The molecule has 2 fully saturated rings. The number of hydrogen-bond donors (Lipinski definition) is 0. The predicted octanol–water partition coefficient (Wildman–Crippen LogP) is 6.08. The zero-order valence-corrected chi connectivity index (χ0v) is 22.4. The fraction of sp³-hybridized carbons (Fsp3) is 0.310. The number of hydrogen-bond acceptors (Lipinski definition) is 6. The molecule has 0 saturated carbocycles. The van der Waals surface area contributed by atoms with Crippen LogP contribution < -0.4 is 19.4 Å². The fourth-order valence-electron chi connectivity index (χ4n) is 4.82. The number of carbonyl (C=O) groups is 2. The minimum atomic E-state index is -0.933. The third-order valence-corrected chi connectivity index (χ3v) is 7.10. The molecule has 2 amide bonds. The summed E-state index contributed by atoms with van der Waals surface area (Å²) in [4.78, 5) is 34.8. The van der Waals surface area contributed by atoms with Crippen LogP contribution in [0.1, 0.15) is 38.3 Å². The molecule has 0 unspecified atom stereocenters. The highest BCUT2D eigenvalue weighted by Crippen LogP contribution is 2.48. The van der Waals surface area contributed by atoms with E-state index in [-0.39, 0.29) is 11.8 Å². The number of para-hydroxylation sites is 1.